The fourth-order valence-electron chi connectivity index (χ4n) is 3.36. The summed E-state index contributed by atoms with van der Waals surface area (Å²) in [7, 11) is 1.64. The predicted molar refractivity (Wildman–Crippen MR) is 96.9 cm³/mol. The Balaban J connectivity index is 2.00. The van der Waals surface area contributed by atoms with E-state index in [1.807, 2.05) is 18.2 Å². The molecule has 1 saturated carbocycles. The number of benzene rings is 1. The summed E-state index contributed by atoms with van der Waals surface area (Å²) >= 11 is 0. The third kappa shape index (κ3) is 5.46. The molecule has 0 saturated heterocycles. The van der Waals surface area contributed by atoms with Crippen molar-refractivity contribution in [3.8, 4) is 0 Å². The van der Waals surface area contributed by atoms with Crippen LogP contribution in [0.3, 0.4) is 0 Å². The Morgan fingerprint density at radius 3 is 2.68 bits per heavy atom. The van der Waals surface area contributed by atoms with Crippen LogP contribution in [0.5, 0.6) is 0 Å². The zero-order chi connectivity index (χ0) is 18.4. The van der Waals surface area contributed by atoms with Gasteiger partial charge in [0.15, 0.2) is 0 Å². The third-order valence-corrected chi connectivity index (χ3v) is 4.84. The Morgan fingerprint density at radius 1 is 1.28 bits per heavy atom. The van der Waals surface area contributed by atoms with Gasteiger partial charge in [0.1, 0.15) is 6.04 Å². The first-order chi connectivity index (χ1) is 11.9. The minimum absolute atomic E-state index is 0.0631. The van der Waals surface area contributed by atoms with Crippen molar-refractivity contribution in [3.63, 3.8) is 0 Å². The summed E-state index contributed by atoms with van der Waals surface area (Å²) in [6.45, 7) is 4.16. The molecule has 0 radical (unpaired) electrons. The van der Waals surface area contributed by atoms with Gasteiger partial charge < -0.3 is 20.5 Å². The highest BCUT2D eigenvalue weighted by atomic mass is 16.5. The van der Waals surface area contributed by atoms with Crippen LogP contribution in [-0.4, -0.2) is 36.4 Å². The lowest BCUT2D eigenvalue weighted by molar-refractivity contribution is -0.141. The van der Waals surface area contributed by atoms with E-state index in [-0.39, 0.29) is 12.0 Å². The van der Waals surface area contributed by atoms with Crippen LogP contribution in [-0.2, 0) is 9.53 Å². The Kier molecular flexibility index (Phi) is 6.82. The van der Waals surface area contributed by atoms with Crippen molar-refractivity contribution in [2.45, 2.75) is 57.6 Å². The normalized spacial score (nSPS) is 21.6. The van der Waals surface area contributed by atoms with Crippen LogP contribution in [0, 0.1) is 5.92 Å². The molecule has 0 heterocycles. The van der Waals surface area contributed by atoms with Crippen molar-refractivity contribution < 1.29 is 19.4 Å². The standard InChI is InChI=1S/C19H28N2O4/c1-12(2)13-6-4-8-15(10-13)20-19(24)21-17(18(22)23)14-7-5-9-16(11-14)25-3/h4,6,8,10,12,14,16-17H,5,7,9,11H2,1-3H3,(H,22,23)(H2,20,21,24). The molecule has 6 heteroatoms. The SMILES string of the molecule is COC1CCCC(C(NC(=O)Nc2cccc(C(C)C)c2)C(=O)O)C1. The molecule has 1 aliphatic carbocycles. The van der Waals surface area contributed by atoms with Crippen molar-refractivity contribution in [1.82, 2.24) is 5.32 Å². The van der Waals surface area contributed by atoms with Crippen molar-refractivity contribution in [2.24, 2.45) is 5.92 Å². The molecule has 0 aliphatic heterocycles. The molecule has 0 spiro atoms. The maximum atomic E-state index is 12.3. The van der Waals surface area contributed by atoms with E-state index in [4.69, 9.17) is 4.74 Å². The average molecular weight is 348 g/mol. The van der Waals surface area contributed by atoms with Crippen LogP contribution in [0.4, 0.5) is 10.5 Å². The predicted octanol–water partition coefficient (Wildman–Crippen LogP) is 3.59. The number of urea groups is 1. The molecular weight excluding hydrogens is 320 g/mol. The second-order valence-electron chi connectivity index (χ2n) is 6.98. The van der Waals surface area contributed by atoms with E-state index in [1.165, 1.54) is 0 Å². The van der Waals surface area contributed by atoms with Gasteiger partial charge in [-0.2, -0.15) is 0 Å². The molecule has 3 atom stereocenters. The number of ether oxygens (including phenoxy) is 1. The van der Waals surface area contributed by atoms with Gasteiger partial charge in [-0.25, -0.2) is 9.59 Å². The Labute approximate surface area is 149 Å². The van der Waals surface area contributed by atoms with E-state index in [1.54, 1.807) is 13.2 Å². The molecule has 25 heavy (non-hydrogen) atoms. The average Bonchev–Trinajstić information content (AvgIpc) is 2.59. The molecule has 138 valence electrons. The molecule has 6 nitrogen and oxygen atoms in total. The van der Waals surface area contributed by atoms with Crippen molar-refractivity contribution in [2.75, 3.05) is 12.4 Å². The Bertz CT molecular complexity index is 603. The topological polar surface area (TPSA) is 87.7 Å². The molecule has 1 aliphatic rings. The number of carbonyl (C=O) groups excluding carboxylic acids is 1. The summed E-state index contributed by atoms with van der Waals surface area (Å²) < 4.78 is 5.37. The minimum atomic E-state index is -1.01. The van der Waals surface area contributed by atoms with Gasteiger partial charge in [0.25, 0.3) is 0 Å². The summed E-state index contributed by atoms with van der Waals surface area (Å²) in [4.78, 5) is 23.9. The number of hydrogen-bond donors (Lipinski definition) is 3. The number of rotatable bonds is 6. The third-order valence-electron chi connectivity index (χ3n) is 4.84. The highest BCUT2D eigenvalue weighted by Gasteiger charge is 2.34. The second-order valence-corrected chi connectivity index (χ2v) is 6.98. The molecule has 1 aromatic carbocycles. The summed E-state index contributed by atoms with van der Waals surface area (Å²) in [5.74, 6) is -0.776. The number of aliphatic carboxylic acids is 1. The highest BCUT2D eigenvalue weighted by Crippen LogP contribution is 2.29. The number of anilines is 1. The van der Waals surface area contributed by atoms with Crippen molar-refractivity contribution in [1.29, 1.82) is 0 Å². The summed E-state index contributed by atoms with van der Waals surface area (Å²) in [5, 5.41) is 14.9. The summed E-state index contributed by atoms with van der Waals surface area (Å²) in [6, 6.07) is 6.17. The molecule has 3 unspecified atom stereocenters. The first-order valence-electron chi connectivity index (χ1n) is 8.83. The first kappa shape index (κ1) is 19.2. The van der Waals surface area contributed by atoms with E-state index < -0.39 is 18.0 Å². The molecule has 1 aromatic rings. The number of carbonyl (C=O) groups is 2. The van der Waals surface area contributed by atoms with Crippen molar-refractivity contribution in [3.05, 3.63) is 29.8 Å². The summed E-state index contributed by atoms with van der Waals surface area (Å²) in [5.41, 5.74) is 1.77. The highest BCUT2D eigenvalue weighted by molar-refractivity contribution is 5.92. The summed E-state index contributed by atoms with van der Waals surface area (Å²) in [6.07, 6.45) is 3.34. The Hall–Kier alpha value is -2.08. The van der Waals surface area contributed by atoms with E-state index in [0.29, 0.717) is 18.0 Å². The van der Waals surface area contributed by atoms with E-state index in [9.17, 15) is 14.7 Å². The lowest BCUT2D eigenvalue weighted by atomic mass is 9.82. The van der Waals surface area contributed by atoms with Gasteiger partial charge in [-0.3, -0.25) is 0 Å². The number of hydrogen-bond acceptors (Lipinski definition) is 3. The van der Waals surface area contributed by atoms with Gasteiger partial charge in [0.05, 0.1) is 6.10 Å². The molecular formula is C19H28N2O4. The first-order valence-corrected chi connectivity index (χ1v) is 8.83. The quantitative estimate of drug-likeness (QED) is 0.733. The van der Waals surface area contributed by atoms with E-state index >= 15 is 0 Å². The smallest absolute Gasteiger partial charge is 0.326 e. The van der Waals surface area contributed by atoms with Gasteiger partial charge in [-0.1, -0.05) is 32.4 Å². The lowest BCUT2D eigenvalue weighted by Crippen LogP contribution is -2.49. The molecule has 2 rings (SSSR count). The molecule has 3 N–H and O–H groups in total. The minimum Gasteiger partial charge on any atom is -0.480 e. The number of carboxylic acid groups (broad SMARTS) is 1. The lowest BCUT2D eigenvalue weighted by Gasteiger charge is -2.32. The van der Waals surface area contributed by atoms with Gasteiger partial charge in [0, 0.05) is 12.8 Å². The van der Waals surface area contributed by atoms with Gasteiger partial charge >= 0.3 is 12.0 Å². The van der Waals surface area contributed by atoms with E-state index in [2.05, 4.69) is 24.5 Å². The van der Waals surface area contributed by atoms with Crippen LogP contribution >= 0.6 is 0 Å². The number of carboxylic acids is 1. The molecule has 2 amide bonds. The van der Waals surface area contributed by atoms with Crippen LogP contribution in [0.2, 0.25) is 0 Å². The largest absolute Gasteiger partial charge is 0.480 e. The number of amides is 2. The fraction of sp³-hybridized carbons (Fsp3) is 0.579. The van der Waals surface area contributed by atoms with Gasteiger partial charge in [0.2, 0.25) is 0 Å². The fourth-order valence-corrected chi connectivity index (χ4v) is 3.36. The Morgan fingerprint density at radius 2 is 2.04 bits per heavy atom. The zero-order valence-corrected chi connectivity index (χ0v) is 15.1. The van der Waals surface area contributed by atoms with Crippen LogP contribution in [0.1, 0.15) is 51.0 Å². The monoisotopic (exact) mass is 348 g/mol. The van der Waals surface area contributed by atoms with Crippen LogP contribution in [0.15, 0.2) is 24.3 Å². The van der Waals surface area contributed by atoms with Crippen LogP contribution in [0.25, 0.3) is 0 Å². The second kappa shape index (κ2) is 8.85. The maximum absolute atomic E-state index is 12.3. The van der Waals surface area contributed by atoms with E-state index in [0.717, 1.165) is 24.8 Å². The maximum Gasteiger partial charge on any atom is 0.326 e. The van der Waals surface area contributed by atoms with Gasteiger partial charge in [-0.05, 0) is 48.8 Å². The zero-order valence-electron chi connectivity index (χ0n) is 15.1. The number of nitrogens with one attached hydrogen (secondary N) is 2. The molecule has 1 fully saturated rings. The van der Waals surface area contributed by atoms with Crippen molar-refractivity contribution >= 4 is 17.7 Å². The molecule has 0 bridgehead atoms. The van der Waals surface area contributed by atoms with Crippen LogP contribution < -0.4 is 10.6 Å². The van der Waals surface area contributed by atoms with Gasteiger partial charge in [-0.15, -0.1) is 0 Å². The molecule has 0 aromatic heterocycles. The number of methoxy groups -OCH3 is 1.